The van der Waals surface area contributed by atoms with E-state index >= 15 is 0 Å². The van der Waals surface area contributed by atoms with Crippen molar-refractivity contribution >= 4 is 0 Å². The van der Waals surface area contributed by atoms with Crippen LogP contribution in [0.15, 0.2) is 24.3 Å². The predicted octanol–water partition coefficient (Wildman–Crippen LogP) is 3.44. The van der Waals surface area contributed by atoms with Crippen molar-refractivity contribution in [1.29, 1.82) is 0 Å². The van der Waals surface area contributed by atoms with Gasteiger partial charge in [0.25, 0.3) is 0 Å². The second-order valence-corrected chi connectivity index (χ2v) is 17.1. The molecule has 5 fully saturated rings. The van der Waals surface area contributed by atoms with Crippen molar-refractivity contribution in [3.05, 3.63) is 24.3 Å². The Morgan fingerprint density at radius 3 is 2.33 bits per heavy atom. The van der Waals surface area contributed by atoms with Crippen molar-refractivity contribution in [2.45, 2.75) is 148 Å². The molecule has 2 bridgehead atoms. The lowest BCUT2D eigenvalue weighted by Crippen LogP contribution is -2.66. The molecule has 6 aliphatic rings. The maximum absolute atomic E-state index is 12.0. The molecule has 6 N–H and O–H groups in total. The molecule has 256 valence electrons. The molecule has 2 heterocycles. The first-order chi connectivity index (χ1) is 20.9. The van der Waals surface area contributed by atoms with Crippen LogP contribution in [-0.2, 0) is 14.2 Å². The lowest BCUT2D eigenvalue weighted by Gasteiger charge is -2.65. The summed E-state index contributed by atoms with van der Waals surface area (Å²) in [5.74, 6) is 1.29. The number of aliphatic hydroxyl groups excluding tert-OH is 5. The number of ether oxygens (including phenoxy) is 3. The van der Waals surface area contributed by atoms with Gasteiger partial charge in [0, 0.05) is 16.7 Å². The number of allylic oxidation sites excluding steroid dienone is 2. The molecule has 4 aliphatic carbocycles. The lowest BCUT2D eigenvalue weighted by atomic mass is 9.38. The molecule has 3 saturated carbocycles. The monoisotopic (exact) mass is 634 g/mol. The largest absolute Gasteiger partial charge is 0.394 e. The first kappa shape index (κ1) is 34.0. The zero-order valence-corrected chi connectivity index (χ0v) is 28.2. The summed E-state index contributed by atoms with van der Waals surface area (Å²) in [6.07, 6.45) is 7.14. The van der Waals surface area contributed by atoms with Crippen LogP contribution >= 0.6 is 0 Å². The molecule has 1 spiro atoms. The van der Waals surface area contributed by atoms with E-state index in [1.165, 1.54) is 0 Å². The Morgan fingerprint density at radius 1 is 0.956 bits per heavy atom. The Kier molecular flexibility index (Phi) is 8.37. The van der Waals surface area contributed by atoms with E-state index in [-0.39, 0.29) is 22.7 Å². The van der Waals surface area contributed by atoms with Crippen LogP contribution in [0.4, 0.5) is 0 Å². The van der Waals surface area contributed by atoms with Crippen LogP contribution < -0.4 is 0 Å². The van der Waals surface area contributed by atoms with E-state index in [2.05, 4.69) is 52.8 Å². The summed E-state index contributed by atoms with van der Waals surface area (Å²) in [5.41, 5.74) is -2.52. The zero-order valence-electron chi connectivity index (χ0n) is 28.2. The molecule has 0 amide bonds. The number of rotatable bonds is 7. The summed E-state index contributed by atoms with van der Waals surface area (Å²) < 4.78 is 18.9. The molecule has 15 atom stereocenters. The minimum atomic E-state index is -1.51. The van der Waals surface area contributed by atoms with E-state index in [0.717, 1.165) is 38.5 Å². The fourth-order valence-corrected chi connectivity index (χ4v) is 11.5. The van der Waals surface area contributed by atoms with Gasteiger partial charge in [-0.15, -0.1) is 0 Å². The molecule has 15 unspecified atom stereocenters. The van der Waals surface area contributed by atoms with Crippen molar-refractivity contribution in [3.8, 4) is 0 Å². The van der Waals surface area contributed by atoms with Gasteiger partial charge in [0.1, 0.15) is 30.0 Å². The third-order valence-corrected chi connectivity index (χ3v) is 14.3. The number of aliphatic hydroxyl groups is 6. The molecule has 9 nitrogen and oxygen atoms in total. The summed E-state index contributed by atoms with van der Waals surface area (Å²) in [7, 11) is 0. The highest BCUT2D eigenvalue weighted by atomic mass is 16.7. The first-order valence-corrected chi connectivity index (χ1v) is 17.3. The second-order valence-electron chi connectivity index (χ2n) is 17.1. The Hall–Kier alpha value is -0.880. The molecule has 0 aromatic rings. The predicted molar refractivity (Wildman–Crippen MR) is 167 cm³/mol. The molecule has 0 aromatic carbocycles. The molecule has 9 heteroatoms. The van der Waals surface area contributed by atoms with Gasteiger partial charge in [-0.05, 0) is 87.4 Å². The van der Waals surface area contributed by atoms with Gasteiger partial charge in [-0.2, -0.15) is 0 Å². The first-order valence-electron chi connectivity index (χ1n) is 17.3. The molecule has 0 radical (unpaired) electrons. The number of fused-ring (bicyclic) bond motifs is 2. The fraction of sp³-hybridized carbons (Fsp3) is 0.889. The summed E-state index contributed by atoms with van der Waals surface area (Å²) >= 11 is 0. The van der Waals surface area contributed by atoms with Crippen LogP contribution in [0.25, 0.3) is 0 Å². The summed E-state index contributed by atoms with van der Waals surface area (Å²) in [6, 6.07) is 0. The Morgan fingerprint density at radius 2 is 1.67 bits per heavy atom. The van der Waals surface area contributed by atoms with Gasteiger partial charge in [0.2, 0.25) is 0 Å². The smallest absolute Gasteiger partial charge is 0.186 e. The summed E-state index contributed by atoms with van der Waals surface area (Å²) in [4.78, 5) is 0. The second kappa shape index (κ2) is 11.1. The van der Waals surface area contributed by atoms with Crippen LogP contribution in [-0.4, -0.2) is 91.5 Å². The highest BCUT2D eigenvalue weighted by Crippen LogP contribution is 2.78. The SMILES string of the molecule is CC(CC=CC(C)(C)O)C1CCC2(C)C3C=CC45OC(O)C3(CCC12C)C4CCC(OC1OC(CO)C(O)C(O)C1O)C5(C)C. The van der Waals surface area contributed by atoms with Crippen LogP contribution in [0.3, 0.4) is 0 Å². The van der Waals surface area contributed by atoms with Crippen molar-refractivity contribution < 1.29 is 44.8 Å². The van der Waals surface area contributed by atoms with Crippen molar-refractivity contribution in [3.63, 3.8) is 0 Å². The van der Waals surface area contributed by atoms with E-state index in [9.17, 15) is 30.6 Å². The quantitative estimate of drug-likeness (QED) is 0.232. The van der Waals surface area contributed by atoms with Gasteiger partial charge in [-0.25, -0.2) is 0 Å². The standard InChI is InChI=1S/C36H58O9/c1-20(9-8-14-31(2,3)42)21-12-15-34(7)23-13-16-36-24(35(23,30(41)45-36)18-17-33(21,34)6)10-11-25(32(36,4)5)44-29-28(40)27(39)26(38)22(19-37)43-29/h8,13-14,16,20-30,37-42H,9-12,15,17-19H2,1-7H3. The molecule has 45 heavy (non-hydrogen) atoms. The maximum atomic E-state index is 12.0. The van der Waals surface area contributed by atoms with Crippen molar-refractivity contribution in [1.82, 2.24) is 0 Å². The van der Waals surface area contributed by atoms with Gasteiger partial charge in [-0.3, -0.25) is 0 Å². The van der Waals surface area contributed by atoms with E-state index in [4.69, 9.17) is 14.2 Å². The van der Waals surface area contributed by atoms with Crippen LogP contribution in [0.2, 0.25) is 0 Å². The van der Waals surface area contributed by atoms with Crippen LogP contribution in [0, 0.1) is 45.3 Å². The molecular formula is C36H58O9. The maximum Gasteiger partial charge on any atom is 0.186 e. The van der Waals surface area contributed by atoms with E-state index < -0.39 is 71.7 Å². The summed E-state index contributed by atoms with van der Waals surface area (Å²) in [5, 5.41) is 63.2. The molecule has 0 aromatic heterocycles. The minimum Gasteiger partial charge on any atom is -0.394 e. The van der Waals surface area contributed by atoms with Gasteiger partial charge in [0.15, 0.2) is 12.6 Å². The third kappa shape index (κ3) is 4.66. The minimum absolute atomic E-state index is 0.00466. The molecular weight excluding hydrogens is 576 g/mol. The third-order valence-electron chi connectivity index (χ3n) is 14.3. The van der Waals surface area contributed by atoms with Crippen LogP contribution in [0.5, 0.6) is 0 Å². The van der Waals surface area contributed by atoms with Crippen molar-refractivity contribution in [2.24, 2.45) is 45.3 Å². The van der Waals surface area contributed by atoms with Gasteiger partial charge in [0.05, 0.1) is 18.3 Å². The average molecular weight is 635 g/mol. The lowest BCUT2D eigenvalue weighted by molar-refractivity contribution is -0.330. The van der Waals surface area contributed by atoms with E-state index in [0.29, 0.717) is 18.3 Å². The highest BCUT2D eigenvalue weighted by Gasteiger charge is 2.78. The fourth-order valence-electron chi connectivity index (χ4n) is 11.5. The Balaban J connectivity index is 1.28. The number of hydrogen-bond acceptors (Lipinski definition) is 9. The average Bonchev–Trinajstić information content (AvgIpc) is 3.32. The number of hydrogen-bond donors (Lipinski definition) is 6. The molecule has 6 rings (SSSR count). The van der Waals surface area contributed by atoms with Gasteiger partial charge >= 0.3 is 0 Å². The van der Waals surface area contributed by atoms with Crippen LogP contribution in [0.1, 0.15) is 93.4 Å². The Labute approximate surface area is 268 Å². The molecule has 2 aliphatic heterocycles. The van der Waals surface area contributed by atoms with Crippen molar-refractivity contribution in [2.75, 3.05) is 6.61 Å². The highest BCUT2D eigenvalue weighted by molar-refractivity contribution is 5.34. The molecule has 2 saturated heterocycles. The normalized spacial score (nSPS) is 52.8. The van der Waals surface area contributed by atoms with Gasteiger partial charge in [-0.1, -0.05) is 58.9 Å². The zero-order chi connectivity index (χ0) is 33.0. The summed E-state index contributed by atoms with van der Waals surface area (Å²) in [6.45, 7) is 14.6. The topological polar surface area (TPSA) is 149 Å². The van der Waals surface area contributed by atoms with E-state index in [1.54, 1.807) is 0 Å². The van der Waals surface area contributed by atoms with Gasteiger partial charge < -0.3 is 44.8 Å². The Bertz CT molecular complexity index is 1180. The van der Waals surface area contributed by atoms with E-state index in [1.807, 2.05) is 19.9 Å².